The molecular weight excluding hydrogens is 330 g/mol. The molecule has 0 aliphatic rings. The molecule has 1 heterocycles. The zero-order valence-corrected chi connectivity index (χ0v) is 17.0. The van der Waals surface area contributed by atoms with Crippen molar-refractivity contribution in [3.63, 3.8) is 0 Å². The normalized spacial score (nSPS) is 14.4. The summed E-state index contributed by atoms with van der Waals surface area (Å²) in [5, 5.41) is 5.88. The molecule has 7 heteroatoms. The summed E-state index contributed by atoms with van der Waals surface area (Å²) in [6.07, 6.45) is 1.00. The Kier molecular flexibility index (Phi) is 8.17. The lowest BCUT2D eigenvalue weighted by atomic mass is 10.1. The summed E-state index contributed by atoms with van der Waals surface area (Å²) in [4.78, 5) is 27.3. The van der Waals surface area contributed by atoms with Gasteiger partial charge in [-0.15, -0.1) is 0 Å². The Morgan fingerprint density at radius 1 is 0.846 bits per heavy atom. The van der Waals surface area contributed by atoms with E-state index in [9.17, 15) is 9.59 Å². The molecule has 0 radical (unpaired) electrons. The summed E-state index contributed by atoms with van der Waals surface area (Å²) in [7, 11) is 4.21. The number of hydrogen-bond donors (Lipinski definition) is 2. The number of rotatable bonds is 12. The quantitative estimate of drug-likeness (QED) is 0.335. The first-order valence-corrected chi connectivity index (χ1v) is 9.40. The van der Waals surface area contributed by atoms with Crippen LogP contribution >= 0.6 is 0 Å². The predicted octanol–water partition coefficient (Wildman–Crippen LogP) is 1.54. The average Bonchev–Trinajstić information content (AvgIpc) is 2.69. The third-order valence-electron chi connectivity index (χ3n) is 5.94. The van der Waals surface area contributed by atoms with E-state index < -0.39 is 0 Å². The zero-order chi connectivity index (χ0) is 19.8. The molecule has 2 atom stereocenters. The summed E-state index contributed by atoms with van der Waals surface area (Å²) >= 11 is 0. The molecule has 0 aliphatic heterocycles. The summed E-state index contributed by atoms with van der Waals surface area (Å²) in [6, 6.07) is 5.82. The summed E-state index contributed by atoms with van der Waals surface area (Å²) < 4.78 is 1.29. The average molecular weight is 366 g/mol. The Balaban J connectivity index is 3.41. The van der Waals surface area contributed by atoms with E-state index in [1.165, 1.54) is 0 Å². The van der Waals surface area contributed by atoms with Crippen molar-refractivity contribution in [1.82, 2.24) is 15.6 Å². The number of hydrogen-bond acceptors (Lipinski definition) is 3. The Morgan fingerprint density at radius 2 is 1.19 bits per heavy atom. The largest absolute Gasteiger partial charge is 0.304 e. The van der Waals surface area contributed by atoms with Gasteiger partial charge in [0, 0.05) is 0 Å². The molecule has 1 rings (SSSR count). The van der Waals surface area contributed by atoms with Gasteiger partial charge in [0.25, 0.3) is 0 Å². The lowest BCUT2D eigenvalue weighted by molar-refractivity contribution is -0.939. The number of quaternary nitrogens is 2. The van der Waals surface area contributed by atoms with Gasteiger partial charge in [0.15, 0.2) is 0 Å². The van der Waals surface area contributed by atoms with Gasteiger partial charge in [-0.1, -0.05) is 6.07 Å². The van der Waals surface area contributed by atoms with E-state index in [0.29, 0.717) is 8.97 Å². The van der Waals surface area contributed by atoms with Gasteiger partial charge in [0.05, 0.1) is 40.3 Å². The number of aromatic nitrogens is 1. The SMILES string of the molecule is CC[N+](C)(CC)C(NC=O)c1cccc(C(NC=O)[N+](C)(CC)CC)n1. The fourth-order valence-corrected chi connectivity index (χ4v) is 3.25. The molecule has 2 N–H and O–H groups in total. The van der Waals surface area contributed by atoms with Gasteiger partial charge < -0.3 is 19.6 Å². The van der Waals surface area contributed by atoms with Crippen molar-refractivity contribution in [2.24, 2.45) is 0 Å². The molecule has 0 saturated heterocycles. The molecular formula is C19H35N5O2+2. The molecule has 2 unspecified atom stereocenters. The minimum absolute atomic E-state index is 0.235. The van der Waals surface area contributed by atoms with Crippen molar-refractivity contribution < 1.29 is 18.6 Å². The van der Waals surface area contributed by atoms with Gasteiger partial charge >= 0.3 is 0 Å². The Morgan fingerprint density at radius 3 is 1.46 bits per heavy atom. The molecule has 0 bridgehead atoms. The minimum atomic E-state index is -0.235. The van der Waals surface area contributed by atoms with E-state index in [4.69, 9.17) is 4.98 Å². The molecule has 1 aromatic heterocycles. The first-order chi connectivity index (χ1) is 12.4. The molecule has 0 spiro atoms. The van der Waals surface area contributed by atoms with E-state index in [1.807, 2.05) is 18.2 Å². The number of nitrogens with zero attached hydrogens (tertiary/aromatic N) is 3. The van der Waals surface area contributed by atoms with Crippen molar-refractivity contribution >= 4 is 12.8 Å². The fourth-order valence-electron chi connectivity index (χ4n) is 3.25. The third kappa shape index (κ3) is 4.59. The lowest BCUT2D eigenvalue weighted by Crippen LogP contribution is -2.53. The maximum absolute atomic E-state index is 11.2. The van der Waals surface area contributed by atoms with Crippen LogP contribution < -0.4 is 10.6 Å². The maximum Gasteiger partial charge on any atom is 0.211 e. The van der Waals surface area contributed by atoms with Gasteiger partial charge in [-0.05, 0) is 39.8 Å². The van der Waals surface area contributed by atoms with E-state index in [1.54, 1.807) is 0 Å². The molecule has 0 aromatic carbocycles. The van der Waals surface area contributed by atoms with E-state index in [0.717, 1.165) is 50.4 Å². The second-order valence-electron chi connectivity index (χ2n) is 7.09. The van der Waals surface area contributed by atoms with Crippen LogP contribution in [-0.2, 0) is 9.59 Å². The smallest absolute Gasteiger partial charge is 0.211 e. The minimum Gasteiger partial charge on any atom is -0.304 e. The van der Waals surface area contributed by atoms with Crippen LogP contribution in [0.15, 0.2) is 18.2 Å². The summed E-state index contributed by atoms with van der Waals surface area (Å²) in [5.74, 6) is 0. The Labute approximate surface area is 157 Å². The third-order valence-corrected chi connectivity index (χ3v) is 5.94. The number of amides is 2. The van der Waals surface area contributed by atoms with Crippen LogP contribution in [0.2, 0.25) is 0 Å². The van der Waals surface area contributed by atoms with Crippen LogP contribution in [0.4, 0.5) is 0 Å². The van der Waals surface area contributed by atoms with Gasteiger partial charge in [-0.3, -0.25) is 9.59 Å². The molecule has 0 fully saturated rings. The van der Waals surface area contributed by atoms with Gasteiger partial charge in [0.2, 0.25) is 25.2 Å². The van der Waals surface area contributed by atoms with Crippen molar-refractivity contribution in [2.75, 3.05) is 40.3 Å². The molecule has 0 saturated carbocycles. The number of nitrogens with one attached hydrogen (secondary N) is 2. The van der Waals surface area contributed by atoms with Crippen LogP contribution in [0.1, 0.15) is 51.4 Å². The van der Waals surface area contributed by atoms with Gasteiger partial charge in [-0.2, -0.15) is 0 Å². The molecule has 1 aromatic rings. The Bertz CT molecular complexity index is 538. The second kappa shape index (κ2) is 9.64. The van der Waals surface area contributed by atoms with Crippen LogP contribution in [0.25, 0.3) is 0 Å². The fraction of sp³-hybridized carbons (Fsp3) is 0.632. The number of pyridine rings is 1. The molecule has 26 heavy (non-hydrogen) atoms. The predicted molar refractivity (Wildman–Crippen MR) is 103 cm³/mol. The number of carbonyl (C=O) groups excluding carboxylic acids is 2. The monoisotopic (exact) mass is 365 g/mol. The van der Waals surface area contributed by atoms with Crippen LogP contribution in [0.3, 0.4) is 0 Å². The molecule has 2 amide bonds. The van der Waals surface area contributed by atoms with Crippen molar-refractivity contribution in [1.29, 1.82) is 0 Å². The van der Waals surface area contributed by atoms with Crippen molar-refractivity contribution in [2.45, 2.75) is 40.0 Å². The highest BCUT2D eigenvalue weighted by molar-refractivity contribution is 5.47. The first-order valence-electron chi connectivity index (χ1n) is 9.40. The molecule has 146 valence electrons. The van der Waals surface area contributed by atoms with Crippen LogP contribution in [0.5, 0.6) is 0 Å². The van der Waals surface area contributed by atoms with Crippen LogP contribution in [-0.4, -0.2) is 67.0 Å². The Hall–Kier alpha value is -1.99. The first kappa shape index (κ1) is 22.1. The van der Waals surface area contributed by atoms with Crippen LogP contribution in [0, 0.1) is 0 Å². The molecule has 7 nitrogen and oxygen atoms in total. The highest BCUT2D eigenvalue weighted by atomic mass is 16.1. The van der Waals surface area contributed by atoms with Gasteiger partial charge in [-0.25, -0.2) is 4.98 Å². The standard InChI is InChI=1S/C19H33N5O2/c1-7-23(5,8-2)18(20-14-25)16-12-11-13-17(22-16)19(21-15-26)24(6,9-3)10-4/h11-15,18-19H,7-10H2,1-6H3/p+2. The summed E-state index contributed by atoms with van der Waals surface area (Å²) in [6.45, 7) is 11.9. The number of carbonyl (C=O) groups is 2. The topological polar surface area (TPSA) is 71.1 Å². The zero-order valence-electron chi connectivity index (χ0n) is 17.0. The van der Waals surface area contributed by atoms with E-state index >= 15 is 0 Å². The highest BCUT2D eigenvalue weighted by Crippen LogP contribution is 2.26. The maximum atomic E-state index is 11.2. The highest BCUT2D eigenvalue weighted by Gasteiger charge is 2.35. The van der Waals surface area contributed by atoms with E-state index in [2.05, 4.69) is 52.4 Å². The summed E-state index contributed by atoms with van der Waals surface area (Å²) in [5.41, 5.74) is 1.61. The second-order valence-corrected chi connectivity index (χ2v) is 7.09. The molecule has 0 aliphatic carbocycles. The van der Waals surface area contributed by atoms with Crippen molar-refractivity contribution in [3.05, 3.63) is 29.6 Å². The van der Waals surface area contributed by atoms with E-state index in [-0.39, 0.29) is 12.3 Å². The lowest BCUT2D eigenvalue weighted by Gasteiger charge is -2.40. The van der Waals surface area contributed by atoms with Gasteiger partial charge in [0.1, 0.15) is 11.4 Å². The van der Waals surface area contributed by atoms with Crippen molar-refractivity contribution in [3.8, 4) is 0 Å².